The minimum Gasteiger partial charge on any atom is -0.372 e. The van der Waals surface area contributed by atoms with Crippen molar-refractivity contribution < 1.29 is 1.43 Å². The number of hydrogen-bond acceptors (Lipinski definition) is 2. The highest BCUT2D eigenvalue weighted by Crippen LogP contribution is 1.97. The Bertz CT molecular complexity index is 111. The van der Waals surface area contributed by atoms with E-state index in [9.17, 15) is 0 Å². The van der Waals surface area contributed by atoms with Crippen LogP contribution in [0.1, 0.15) is 29.1 Å². The van der Waals surface area contributed by atoms with Crippen LogP contribution in [0.2, 0.25) is 0 Å². The van der Waals surface area contributed by atoms with Gasteiger partial charge in [0.25, 0.3) is 0 Å². The maximum Gasteiger partial charge on any atom is 0.0990 e. The van der Waals surface area contributed by atoms with Gasteiger partial charge < -0.3 is 5.32 Å². The largest absolute Gasteiger partial charge is 0.372 e. The van der Waals surface area contributed by atoms with E-state index in [0.717, 1.165) is 13.1 Å². The Kier molecular flexibility index (Phi) is 4.99. The van der Waals surface area contributed by atoms with Gasteiger partial charge in [-0.25, -0.2) is 0 Å². The van der Waals surface area contributed by atoms with E-state index >= 15 is 0 Å². The van der Waals surface area contributed by atoms with Gasteiger partial charge in [0.05, 0.1) is 12.4 Å². The molecule has 0 aromatic carbocycles. The van der Waals surface area contributed by atoms with Crippen molar-refractivity contribution in [1.29, 1.82) is 0 Å². The molecule has 0 aromatic rings. The molecule has 1 aliphatic heterocycles. The lowest BCUT2D eigenvalue weighted by Gasteiger charge is -2.02. The molecule has 2 heteroatoms. The molecule has 1 rings (SSSR count). The Balaban J connectivity index is 0. The van der Waals surface area contributed by atoms with E-state index < -0.39 is 0 Å². The third kappa shape index (κ3) is 2.85. The zero-order valence-corrected chi connectivity index (χ0v) is 7.44. The Morgan fingerprint density at radius 1 is 1.50 bits per heavy atom. The van der Waals surface area contributed by atoms with Crippen molar-refractivity contribution in [3.63, 3.8) is 0 Å². The highest BCUT2D eigenvalue weighted by Gasteiger charge is 2.06. The van der Waals surface area contributed by atoms with Gasteiger partial charge in [0.2, 0.25) is 0 Å². The van der Waals surface area contributed by atoms with Crippen LogP contribution in [-0.4, -0.2) is 18.9 Å². The highest BCUT2D eigenvalue weighted by molar-refractivity contribution is 5.85. The maximum absolute atomic E-state index is 4.24. The Morgan fingerprint density at radius 3 is 2.30 bits per heavy atom. The predicted molar refractivity (Wildman–Crippen MR) is 48.6 cm³/mol. The van der Waals surface area contributed by atoms with Gasteiger partial charge in [0.15, 0.2) is 0 Å². The summed E-state index contributed by atoms with van der Waals surface area (Å²) in [7, 11) is 0. The fourth-order valence-corrected chi connectivity index (χ4v) is 0.803. The number of aliphatic imine (C=N–C) groups is 1. The molecule has 0 aromatic heterocycles. The van der Waals surface area contributed by atoms with Crippen molar-refractivity contribution in [1.82, 2.24) is 5.32 Å². The zero-order chi connectivity index (χ0) is 7.98. The van der Waals surface area contributed by atoms with Crippen LogP contribution in [0.15, 0.2) is 4.99 Å². The minimum atomic E-state index is 0. The van der Waals surface area contributed by atoms with E-state index in [4.69, 9.17) is 0 Å². The Hall–Kier alpha value is -0.530. The number of hydrogen-bond donors (Lipinski definition) is 1. The van der Waals surface area contributed by atoms with Crippen LogP contribution in [0.3, 0.4) is 0 Å². The zero-order valence-electron chi connectivity index (χ0n) is 7.44. The SMILES string of the molecule is CC.CC(C)C1=NCCN1.[HH]. The third-order valence-electron chi connectivity index (χ3n) is 1.25. The quantitative estimate of drug-likeness (QED) is 0.597. The van der Waals surface area contributed by atoms with Gasteiger partial charge in [0.1, 0.15) is 0 Å². The molecule has 1 heterocycles. The van der Waals surface area contributed by atoms with E-state index in [1.807, 2.05) is 13.8 Å². The van der Waals surface area contributed by atoms with Crippen LogP contribution in [-0.2, 0) is 0 Å². The summed E-state index contributed by atoms with van der Waals surface area (Å²) in [5, 5.41) is 3.21. The van der Waals surface area contributed by atoms with E-state index in [1.165, 1.54) is 5.84 Å². The van der Waals surface area contributed by atoms with Crippen LogP contribution in [0.4, 0.5) is 0 Å². The van der Waals surface area contributed by atoms with E-state index in [2.05, 4.69) is 24.2 Å². The standard InChI is InChI=1S/C6H12N2.C2H6.H2/c1-5(2)6-7-3-4-8-6;1-2;/h5H,3-4H2,1-2H3,(H,7,8);1-2H3;1H. The molecule has 0 fully saturated rings. The lowest BCUT2D eigenvalue weighted by molar-refractivity contribution is 0.838. The molecule has 0 aliphatic carbocycles. The van der Waals surface area contributed by atoms with Gasteiger partial charge in [-0.15, -0.1) is 0 Å². The van der Waals surface area contributed by atoms with E-state index in [-0.39, 0.29) is 1.43 Å². The molecule has 0 radical (unpaired) electrons. The summed E-state index contributed by atoms with van der Waals surface area (Å²) < 4.78 is 0. The highest BCUT2D eigenvalue weighted by atomic mass is 15.1. The first kappa shape index (κ1) is 9.47. The van der Waals surface area contributed by atoms with Gasteiger partial charge in [0, 0.05) is 13.9 Å². The van der Waals surface area contributed by atoms with E-state index in [0.29, 0.717) is 5.92 Å². The minimum absolute atomic E-state index is 0. The summed E-state index contributed by atoms with van der Waals surface area (Å²) in [6.45, 7) is 10.3. The molecule has 0 saturated heterocycles. The van der Waals surface area contributed by atoms with Crippen LogP contribution in [0.25, 0.3) is 0 Å². The smallest absolute Gasteiger partial charge is 0.0990 e. The molecule has 0 saturated carbocycles. The second-order valence-electron chi connectivity index (χ2n) is 2.35. The van der Waals surface area contributed by atoms with Crippen molar-refractivity contribution in [3.05, 3.63) is 0 Å². The average Bonchev–Trinajstić information content (AvgIpc) is 2.42. The van der Waals surface area contributed by atoms with Gasteiger partial charge in [-0.05, 0) is 0 Å². The summed E-state index contributed by atoms with van der Waals surface area (Å²) in [4.78, 5) is 4.24. The number of nitrogens with zero attached hydrogens (tertiary/aromatic N) is 1. The Morgan fingerprint density at radius 2 is 2.10 bits per heavy atom. The molecular weight excluding hydrogens is 124 g/mol. The fraction of sp³-hybridized carbons (Fsp3) is 0.875. The number of nitrogens with one attached hydrogen (secondary N) is 1. The lowest BCUT2D eigenvalue weighted by Crippen LogP contribution is -2.23. The predicted octanol–water partition coefficient (Wildman–Crippen LogP) is 1.92. The topological polar surface area (TPSA) is 24.4 Å². The molecule has 0 amide bonds. The molecule has 62 valence electrons. The first-order valence-corrected chi connectivity index (χ1v) is 4.09. The first-order valence-electron chi connectivity index (χ1n) is 4.09. The lowest BCUT2D eigenvalue weighted by atomic mass is 10.2. The molecular formula is C8H20N2. The number of rotatable bonds is 1. The molecule has 0 unspecified atom stereocenters. The second kappa shape index (κ2) is 5.27. The number of amidine groups is 1. The van der Waals surface area contributed by atoms with Gasteiger partial charge >= 0.3 is 0 Å². The summed E-state index contributed by atoms with van der Waals surface area (Å²) in [5.74, 6) is 1.75. The first-order chi connectivity index (χ1) is 4.80. The van der Waals surface area contributed by atoms with Crippen LogP contribution >= 0.6 is 0 Å². The second-order valence-corrected chi connectivity index (χ2v) is 2.35. The van der Waals surface area contributed by atoms with Crippen molar-refractivity contribution in [2.75, 3.05) is 13.1 Å². The van der Waals surface area contributed by atoms with Crippen molar-refractivity contribution >= 4 is 5.84 Å². The summed E-state index contributed by atoms with van der Waals surface area (Å²) in [6.07, 6.45) is 0. The molecule has 2 nitrogen and oxygen atoms in total. The molecule has 0 spiro atoms. The normalized spacial score (nSPS) is 15.5. The average molecular weight is 144 g/mol. The van der Waals surface area contributed by atoms with Crippen LogP contribution in [0, 0.1) is 5.92 Å². The summed E-state index contributed by atoms with van der Waals surface area (Å²) in [6, 6.07) is 0. The van der Waals surface area contributed by atoms with Gasteiger partial charge in [-0.2, -0.15) is 0 Å². The molecule has 1 N–H and O–H groups in total. The molecule has 1 aliphatic rings. The fourth-order valence-electron chi connectivity index (χ4n) is 0.803. The monoisotopic (exact) mass is 144 g/mol. The van der Waals surface area contributed by atoms with Crippen LogP contribution in [0.5, 0.6) is 0 Å². The molecule has 0 atom stereocenters. The van der Waals surface area contributed by atoms with Crippen LogP contribution < -0.4 is 5.32 Å². The van der Waals surface area contributed by atoms with Crippen molar-refractivity contribution in [3.8, 4) is 0 Å². The van der Waals surface area contributed by atoms with E-state index in [1.54, 1.807) is 0 Å². The molecule has 10 heavy (non-hydrogen) atoms. The maximum atomic E-state index is 4.24. The van der Waals surface area contributed by atoms with Crippen molar-refractivity contribution in [2.45, 2.75) is 27.7 Å². The third-order valence-corrected chi connectivity index (χ3v) is 1.25. The Labute approximate surface area is 65.2 Å². The van der Waals surface area contributed by atoms with Gasteiger partial charge in [-0.1, -0.05) is 27.7 Å². The molecule has 0 bridgehead atoms. The summed E-state index contributed by atoms with van der Waals surface area (Å²) >= 11 is 0. The van der Waals surface area contributed by atoms with Crippen molar-refractivity contribution in [2.24, 2.45) is 10.9 Å². The summed E-state index contributed by atoms with van der Waals surface area (Å²) in [5.41, 5.74) is 0. The van der Waals surface area contributed by atoms with Gasteiger partial charge in [-0.3, -0.25) is 4.99 Å².